The summed E-state index contributed by atoms with van der Waals surface area (Å²) < 4.78 is 39.5. The first kappa shape index (κ1) is 20.1. The monoisotopic (exact) mass is 387 g/mol. The van der Waals surface area contributed by atoms with Gasteiger partial charge in [-0.3, -0.25) is 9.48 Å². The number of fused-ring (bicyclic) bond motifs is 1. The Hall–Kier alpha value is -1.61. The Bertz CT molecular complexity index is 665. The Morgan fingerprint density at radius 1 is 1.26 bits per heavy atom. The van der Waals surface area contributed by atoms with Gasteiger partial charge in [-0.15, -0.1) is 0 Å². The lowest BCUT2D eigenvalue weighted by Gasteiger charge is -2.32. The number of rotatable bonds is 5. The standard InChI is InChI=1S/C18H28F3N5O/c1-3-6-26-15-5-4-13(22-12-18(19,20)21)11-14(15)16(23-26)17(27)25-9-7-24(2)8-10-25/h13,22H,3-12H2,1-2H3/t13-/m0/s1. The molecule has 3 rings (SSSR count). The van der Waals surface area contributed by atoms with Gasteiger partial charge in [-0.2, -0.15) is 18.3 Å². The van der Waals surface area contributed by atoms with Crippen LogP contribution >= 0.6 is 0 Å². The molecule has 0 unspecified atom stereocenters. The Morgan fingerprint density at radius 2 is 1.96 bits per heavy atom. The molecule has 0 aromatic carbocycles. The molecule has 1 amide bonds. The van der Waals surface area contributed by atoms with E-state index in [0.29, 0.717) is 38.0 Å². The lowest BCUT2D eigenvalue weighted by atomic mass is 9.91. The molecular weight excluding hydrogens is 359 g/mol. The highest BCUT2D eigenvalue weighted by Gasteiger charge is 2.34. The van der Waals surface area contributed by atoms with Crippen molar-refractivity contribution in [1.82, 2.24) is 24.9 Å². The van der Waals surface area contributed by atoms with E-state index in [1.807, 2.05) is 23.6 Å². The maximum atomic E-state index is 13.1. The second kappa shape index (κ2) is 8.18. The van der Waals surface area contributed by atoms with Gasteiger partial charge in [0.25, 0.3) is 5.91 Å². The van der Waals surface area contributed by atoms with Crippen molar-refractivity contribution < 1.29 is 18.0 Å². The molecular formula is C18H28F3N5O. The Balaban J connectivity index is 1.79. The van der Waals surface area contributed by atoms with Gasteiger partial charge >= 0.3 is 6.18 Å². The maximum absolute atomic E-state index is 13.1. The van der Waals surface area contributed by atoms with E-state index in [2.05, 4.69) is 15.3 Å². The van der Waals surface area contributed by atoms with Crippen LogP contribution in [0.25, 0.3) is 0 Å². The molecule has 152 valence electrons. The van der Waals surface area contributed by atoms with Crippen LogP contribution in [0.1, 0.15) is 41.5 Å². The third-order valence-electron chi connectivity index (χ3n) is 5.37. The first-order valence-corrected chi connectivity index (χ1v) is 9.65. The van der Waals surface area contributed by atoms with E-state index in [1.54, 1.807) is 0 Å². The minimum absolute atomic E-state index is 0.0920. The number of halogens is 3. The summed E-state index contributed by atoms with van der Waals surface area (Å²) in [5.74, 6) is -0.0920. The van der Waals surface area contributed by atoms with E-state index in [1.165, 1.54) is 0 Å². The topological polar surface area (TPSA) is 53.4 Å². The van der Waals surface area contributed by atoms with Gasteiger partial charge < -0.3 is 15.1 Å². The summed E-state index contributed by atoms with van der Waals surface area (Å²) in [5, 5.41) is 7.18. The molecule has 1 atom stereocenters. The number of aromatic nitrogens is 2. The summed E-state index contributed by atoms with van der Waals surface area (Å²) in [6.45, 7) is 4.71. The SMILES string of the molecule is CCCn1nc(C(=O)N2CCN(C)CC2)c2c1CC[C@H](NCC(F)(F)F)C2. The van der Waals surface area contributed by atoms with Crippen molar-refractivity contribution in [3.8, 4) is 0 Å². The van der Waals surface area contributed by atoms with Crippen molar-refractivity contribution in [3.63, 3.8) is 0 Å². The van der Waals surface area contributed by atoms with Crippen molar-refractivity contribution in [2.75, 3.05) is 39.8 Å². The minimum Gasteiger partial charge on any atom is -0.335 e. The van der Waals surface area contributed by atoms with Crippen LogP contribution in [0.2, 0.25) is 0 Å². The molecule has 1 aromatic heterocycles. The molecule has 1 fully saturated rings. The molecule has 2 aliphatic rings. The van der Waals surface area contributed by atoms with Crippen LogP contribution < -0.4 is 5.32 Å². The molecule has 0 bridgehead atoms. The molecule has 1 saturated heterocycles. The number of hydrogen-bond acceptors (Lipinski definition) is 4. The van der Waals surface area contributed by atoms with Gasteiger partial charge in [0.2, 0.25) is 0 Å². The average Bonchev–Trinajstić information content (AvgIpc) is 2.98. The van der Waals surface area contributed by atoms with Crippen LogP contribution in [-0.4, -0.2) is 77.5 Å². The largest absolute Gasteiger partial charge is 0.401 e. The molecule has 6 nitrogen and oxygen atoms in total. The molecule has 1 aromatic rings. The second-order valence-corrected chi connectivity index (χ2v) is 7.53. The molecule has 1 N–H and O–H groups in total. The average molecular weight is 387 g/mol. The molecule has 2 heterocycles. The van der Waals surface area contributed by atoms with Crippen LogP contribution in [-0.2, 0) is 19.4 Å². The Kier molecular flexibility index (Phi) is 6.10. The van der Waals surface area contributed by atoms with E-state index in [9.17, 15) is 18.0 Å². The predicted molar refractivity (Wildman–Crippen MR) is 95.8 cm³/mol. The summed E-state index contributed by atoms with van der Waals surface area (Å²) in [7, 11) is 2.02. The summed E-state index contributed by atoms with van der Waals surface area (Å²) in [6, 6.07) is -0.280. The number of carbonyl (C=O) groups excluding carboxylic acids is 1. The van der Waals surface area contributed by atoms with Crippen LogP contribution in [0.4, 0.5) is 13.2 Å². The number of likely N-dealkylation sites (N-methyl/N-ethyl adjacent to an activating group) is 1. The normalized spacial score (nSPS) is 21.4. The number of nitrogens with one attached hydrogen (secondary N) is 1. The lowest BCUT2D eigenvalue weighted by Crippen LogP contribution is -2.47. The molecule has 1 aliphatic heterocycles. The highest BCUT2D eigenvalue weighted by atomic mass is 19.4. The van der Waals surface area contributed by atoms with E-state index in [-0.39, 0.29) is 11.9 Å². The van der Waals surface area contributed by atoms with Gasteiger partial charge in [-0.05, 0) is 32.7 Å². The molecule has 0 saturated carbocycles. The van der Waals surface area contributed by atoms with Gasteiger partial charge in [0.1, 0.15) is 0 Å². The second-order valence-electron chi connectivity index (χ2n) is 7.53. The minimum atomic E-state index is -4.23. The summed E-state index contributed by atoms with van der Waals surface area (Å²) in [5.41, 5.74) is 2.28. The molecule has 9 heteroatoms. The quantitative estimate of drug-likeness (QED) is 0.836. The Morgan fingerprint density at radius 3 is 2.59 bits per heavy atom. The van der Waals surface area contributed by atoms with Crippen LogP contribution in [0.3, 0.4) is 0 Å². The number of aryl methyl sites for hydroxylation is 1. The fraction of sp³-hybridized carbons (Fsp3) is 0.778. The first-order valence-electron chi connectivity index (χ1n) is 9.65. The third kappa shape index (κ3) is 4.82. The van der Waals surface area contributed by atoms with Crippen molar-refractivity contribution in [2.45, 2.75) is 51.4 Å². The van der Waals surface area contributed by atoms with Crippen LogP contribution in [0, 0.1) is 0 Å². The van der Waals surface area contributed by atoms with Gasteiger partial charge in [0.05, 0.1) is 6.54 Å². The zero-order valence-corrected chi connectivity index (χ0v) is 16.0. The number of alkyl halides is 3. The van der Waals surface area contributed by atoms with Crippen molar-refractivity contribution in [3.05, 3.63) is 17.0 Å². The van der Waals surface area contributed by atoms with Crippen molar-refractivity contribution in [1.29, 1.82) is 0 Å². The number of nitrogens with zero attached hydrogens (tertiary/aromatic N) is 4. The van der Waals surface area contributed by atoms with E-state index >= 15 is 0 Å². The Labute approximate surface area is 157 Å². The smallest absolute Gasteiger partial charge is 0.335 e. The van der Waals surface area contributed by atoms with E-state index < -0.39 is 12.7 Å². The molecule has 0 spiro atoms. The van der Waals surface area contributed by atoms with Crippen molar-refractivity contribution in [2.24, 2.45) is 0 Å². The van der Waals surface area contributed by atoms with E-state index in [0.717, 1.165) is 37.3 Å². The van der Waals surface area contributed by atoms with E-state index in [4.69, 9.17) is 0 Å². The van der Waals surface area contributed by atoms with Gasteiger partial charge in [0, 0.05) is 50.0 Å². The zero-order chi connectivity index (χ0) is 19.6. The number of carbonyl (C=O) groups is 1. The van der Waals surface area contributed by atoms with Crippen LogP contribution in [0.15, 0.2) is 0 Å². The third-order valence-corrected chi connectivity index (χ3v) is 5.37. The fourth-order valence-corrected chi connectivity index (χ4v) is 3.85. The zero-order valence-electron chi connectivity index (χ0n) is 16.0. The summed E-state index contributed by atoms with van der Waals surface area (Å²) >= 11 is 0. The highest BCUT2D eigenvalue weighted by Crippen LogP contribution is 2.27. The molecule has 1 aliphatic carbocycles. The maximum Gasteiger partial charge on any atom is 0.401 e. The fourth-order valence-electron chi connectivity index (χ4n) is 3.85. The summed E-state index contributed by atoms with van der Waals surface area (Å²) in [4.78, 5) is 17.0. The lowest BCUT2D eigenvalue weighted by molar-refractivity contribution is -0.126. The highest BCUT2D eigenvalue weighted by molar-refractivity contribution is 5.94. The number of piperazine rings is 1. The molecule has 27 heavy (non-hydrogen) atoms. The number of hydrogen-bond donors (Lipinski definition) is 1. The van der Waals surface area contributed by atoms with Gasteiger partial charge in [-0.25, -0.2) is 0 Å². The van der Waals surface area contributed by atoms with Gasteiger partial charge in [-0.1, -0.05) is 6.92 Å². The predicted octanol–water partition coefficient (Wildman–Crippen LogP) is 1.69. The number of amides is 1. The van der Waals surface area contributed by atoms with Crippen molar-refractivity contribution >= 4 is 5.91 Å². The van der Waals surface area contributed by atoms with Gasteiger partial charge in [0.15, 0.2) is 5.69 Å². The first-order chi connectivity index (χ1) is 12.8. The molecule has 0 radical (unpaired) electrons. The summed E-state index contributed by atoms with van der Waals surface area (Å²) in [6.07, 6.45) is -1.64. The van der Waals surface area contributed by atoms with Crippen LogP contribution in [0.5, 0.6) is 0 Å².